The number of thioether (sulfide) groups is 1. The number of aromatic nitrogens is 1. The van der Waals surface area contributed by atoms with Gasteiger partial charge in [-0.15, -0.1) is 22.7 Å². The fourth-order valence-corrected chi connectivity index (χ4v) is 5.50. The minimum absolute atomic E-state index is 0.0657. The third kappa shape index (κ3) is 3.77. The highest BCUT2D eigenvalue weighted by Crippen LogP contribution is 2.29. The standard InChI is InChI=1S/C18H17N3O2S3/c22-16(12-25-18-19-13-4-1-2-5-14(13)26-18)20-7-9-21(10-8-20)17(23)15-6-3-11-24-15/h1-6,11H,7-10,12H2. The van der Waals surface area contributed by atoms with Gasteiger partial charge >= 0.3 is 0 Å². The van der Waals surface area contributed by atoms with Crippen molar-refractivity contribution < 1.29 is 9.59 Å². The van der Waals surface area contributed by atoms with Crippen LogP contribution < -0.4 is 0 Å². The number of thiazole rings is 1. The van der Waals surface area contributed by atoms with Crippen LogP contribution in [0.1, 0.15) is 9.67 Å². The van der Waals surface area contributed by atoms with Crippen LogP contribution in [0.2, 0.25) is 0 Å². The molecule has 1 aliphatic heterocycles. The van der Waals surface area contributed by atoms with Gasteiger partial charge in [-0.2, -0.15) is 0 Å². The van der Waals surface area contributed by atoms with Gasteiger partial charge in [0.05, 0.1) is 20.8 Å². The molecule has 0 saturated carbocycles. The van der Waals surface area contributed by atoms with E-state index in [2.05, 4.69) is 4.98 Å². The maximum absolute atomic E-state index is 12.5. The highest BCUT2D eigenvalue weighted by Gasteiger charge is 2.25. The van der Waals surface area contributed by atoms with Crippen molar-refractivity contribution in [1.82, 2.24) is 14.8 Å². The van der Waals surface area contributed by atoms with Crippen LogP contribution >= 0.6 is 34.4 Å². The van der Waals surface area contributed by atoms with E-state index in [-0.39, 0.29) is 11.8 Å². The molecule has 0 radical (unpaired) electrons. The molecule has 2 amide bonds. The molecule has 134 valence electrons. The van der Waals surface area contributed by atoms with Gasteiger partial charge in [0.15, 0.2) is 4.34 Å². The minimum Gasteiger partial charge on any atom is -0.338 e. The van der Waals surface area contributed by atoms with Gasteiger partial charge in [-0.25, -0.2) is 4.98 Å². The van der Waals surface area contributed by atoms with E-state index < -0.39 is 0 Å². The smallest absolute Gasteiger partial charge is 0.264 e. The van der Waals surface area contributed by atoms with Crippen LogP contribution in [-0.4, -0.2) is 58.5 Å². The summed E-state index contributed by atoms with van der Waals surface area (Å²) < 4.78 is 2.06. The summed E-state index contributed by atoms with van der Waals surface area (Å²) in [7, 11) is 0. The Bertz CT molecular complexity index is 882. The number of piperazine rings is 1. The topological polar surface area (TPSA) is 53.5 Å². The predicted octanol–water partition coefficient (Wildman–Crippen LogP) is 3.43. The van der Waals surface area contributed by atoms with E-state index >= 15 is 0 Å². The van der Waals surface area contributed by atoms with Gasteiger partial charge in [0.25, 0.3) is 5.91 Å². The number of hydrogen-bond acceptors (Lipinski definition) is 6. The third-order valence-corrected chi connectivity index (χ3v) is 7.27. The zero-order chi connectivity index (χ0) is 17.9. The second-order valence-corrected chi connectivity index (χ2v) is 9.09. The Morgan fingerprint density at radius 1 is 1.04 bits per heavy atom. The molecule has 0 aliphatic carbocycles. The zero-order valence-electron chi connectivity index (χ0n) is 14.0. The van der Waals surface area contributed by atoms with Crippen molar-refractivity contribution in [2.45, 2.75) is 4.34 Å². The summed E-state index contributed by atoms with van der Waals surface area (Å²) in [5.74, 6) is 0.562. The number of carbonyl (C=O) groups excluding carboxylic acids is 2. The summed E-state index contributed by atoms with van der Waals surface area (Å²) >= 11 is 4.57. The zero-order valence-corrected chi connectivity index (χ0v) is 16.4. The lowest BCUT2D eigenvalue weighted by molar-refractivity contribution is -0.129. The van der Waals surface area contributed by atoms with Gasteiger partial charge in [0.2, 0.25) is 5.91 Å². The normalized spacial score (nSPS) is 14.8. The molecule has 0 bridgehead atoms. The first kappa shape index (κ1) is 17.5. The molecule has 2 aromatic heterocycles. The highest BCUT2D eigenvalue weighted by molar-refractivity contribution is 8.01. The van der Waals surface area contributed by atoms with Crippen molar-refractivity contribution in [1.29, 1.82) is 0 Å². The van der Waals surface area contributed by atoms with E-state index in [4.69, 9.17) is 0 Å². The van der Waals surface area contributed by atoms with Gasteiger partial charge in [-0.05, 0) is 23.6 Å². The summed E-state index contributed by atoms with van der Waals surface area (Å²) in [5.41, 5.74) is 0.980. The SMILES string of the molecule is O=C(CSc1nc2ccccc2s1)N1CCN(C(=O)c2cccs2)CC1. The largest absolute Gasteiger partial charge is 0.338 e. The Kier molecular flexibility index (Phi) is 5.23. The second kappa shape index (κ2) is 7.77. The number of nitrogens with zero attached hydrogens (tertiary/aromatic N) is 3. The molecule has 1 aliphatic rings. The molecular formula is C18H17N3O2S3. The summed E-state index contributed by atoms with van der Waals surface area (Å²) in [6.45, 7) is 2.37. The molecule has 0 atom stereocenters. The fraction of sp³-hybridized carbons (Fsp3) is 0.278. The molecule has 0 spiro atoms. The summed E-state index contributed by atoms with van der Waals surface area (Å²) in [6, 6.07) is 11.7. The molecule has 1 saturated heterocycles. The van der Waals surface area contributed by atoms with Crippen LogP contribution in [0, 0.1) is 0 Å². The number of rotatable bonds is 4. The first-order chi connectivity index (χ1) is 12.7. The lowest BCUT2D eigenvalue weighted by Gasteiger charge is -2.34. The fourth-order valence-electron chi connectivity index (χ4n) is 2.84. The molecular weight excluding hydrogens is 386 g/mol. The molecule has 4 rings (SSSR count). The van der Waals surface area contributed by atoms with Crippen molar-refractivity contribution in [3.63, 3.8) is 0 Å². The number of hydrogen-bond donors (Lipinski definition) is 0. The third-order valence-electron chi connectivity index (χ3n) is 4.24. The Hall–Kier alpha value is -1.90. The van der Waals surface area contributed by atoms with E-state index in [0.717, 1.165) is 19.4 Å². The first-order valence-corrected chi connectivity index (χ1v) is 11.0. The number of amides is 2. The van der Waals surface area contributed by atoms with Gasteiger partial charge in [0.1, 0.15) is 0 Å². The average molecular weight is 404 g/mol. The molecule has 3 heterocycles. The van der Waals surface area contributed by atoms with E-state index in [1.165, 1.54) is 23.1 Å². The molecule has 1 aromatic carbocycles. The molecule has 3 aromatic rings. The average Bonchev–Trinajstić information content (AvgIpc) is 3.35. The lowest BCUT2D eigenvalue weighted by Crippen LogP contribution is -2.50. The first-order valence-electron chi connectivity index (χ1n) is 8.29. The van der Waals surface area contributed by atoms with Crippen LogP contribution in [0.15, 0.2) is 46.1 Å². The Balaban J connectivity index is 1.29. The second-order valence-electron chi connectivity index (χ2n) is 5.89. The molecule has 26 heavy (non-hydrogen) atoms. The molecule has 0 unspecified atom stereocenters. The molecule has 8 heteroatoms. The van der Waals surface area contributed by atoms with Gasteiger partial charge < -0.3 is 9.80 Å². The van der Waals surface area contributed by atoms with Crippen molar-refractivity contribution in [3.8, 4) is 0 Å². The quantitative estimate of drug-likeness (QED) is 0.626. The van der Waals surface area contributed by atoms with E-state index in [9.17, 15) is 9.59 Å². The van der Waals surface area contributed by atoms with Gasteiger partial charge in [-0.1, -0.05) is 30.0 Å². The summed E-state index contributed by atoms with van der Waals surface area (Å²) in [6.07, 6.45) is 0. The number of fused-ring (bicyclic) bond motifs is 1. The van der Waals surface area contributed by atoms with Crippen LogP contribution in [0.25, 0.3) is 10.2 Å². The maximum atomic E-state index is 12.5. The highest BCUT2D eigenvalue weighted by atomic mass is 32.2. The minimum atomic E-state index is 0.0657. The maximum Gasteiger partial charge on any atom is 0.264 e. The Morgan fingerprint density at radius 2 is 1.81 bits per heavy atom. The van der Waals surface area contributed by atoms with Crippen LogP contribution in [-0.2, 0) is 4.79 Å². The van der Waals surface area contributed by atoms with Crippen molar-refractivity contribution >= 4 is 56.5 Å². The molecule has 5 nitrogen and oxygen atoms in total. The number of carbonyl (C=O) groups is 2. The van der Waals surface area contributed by atoms with Crippen molar-refractivity contribution in [2.24, 2.45) is 0 Å². The lowest BCUT2D eigenvalue weighted by atomic mass is 10.3. The van der Waals surface area contributed by atoms with Crippen molar-refractivity contribution in [2.75, 3.05) is 31.9 Å². The summed E-state index contributed by atoms with van der Waals surface area (Å²) in [5, 5.41) is 1.91. The Labute approximate surface area is 163 Å². The Morgan fingerprint density at radius 3 is 2.54 bits per heavy atom. The van der Waals surface area contributed by atoms with E-state index in [1.54, 1.807) is 11.3 Å². The van der Waals surface area contributed by atoms with Crippen LogP contribution in [0.4, 0.5) is 0 Å². The van der Waals surface area contributed by atoms with Crippen molar-refractivity contribution in [3.05, 3.63) is 46.7 Å². The van der Waals surface area contributed by atoms with E-state index in [1.807, 2.05) is 51.6 Å². The van der Waals surface area contributed by atoms with Crippen LogP contribution in [0.3, 0.4) is 0 Å². The summed E-state index contributed by atoms with van der Waals surface area (Å²) in [4.78, 5) is 33.8. The number of thiophene rings is 1. The predicted molar refractivity (Wildman–Crippen MR) is 107 cm³/mol. The van der Waals surface area contributed by atoms with Crippen LogP contribution in [0.5, 0.6) is 0 Å². The van der Waals surface area contributed by atoms with Gasteiger partial charge in [0, 0.05) is 26.2 Å². The molecule has 0 N–H and O–H groups in total. The number of para-hydroxylation sites is 1. The monoisotopic (exact) mass is 403 g/mol. The van der Waals surface area contributed by atoms with E-state index in [0.29, 0.717) is 31.9 Å². The number of benzene rings is 1. The van der Waals surface area contributed by atoms with Gasteiger partial charge in [-0.3, -0.25) is 9.59 Å². The molecule has 1 fully saturated rings.